The van der Waals surface area contributed by atoms with Gasteiger partial charge in [0.05, 0.1) is 0 Å². The molecule has 1 aromatic carbocycles. The highest BCUT2D eigenvalue weighted by molar-refractivity contribution is 5.99. The molecule has 1 N–H and O–H groups in total. The molecule has 0 fully saturated rings. The van der Waals surface area contributed by atoms with Gasteiger partial charge in [-0.15, -0.1) is 0 Å². The van der Waals surface area contributed by atoms with Crippen molar-refractivity contribution >= 4 is 11.7 Å². The first-order chi connectivity index (χ1) is 10.0. The largest absolute Gasteiger partial charge is 0.356 e. The lowest BCUT2D eigenvalue weighted by atomic mass is 10.2. The molecule has 110 valence electrons. The Morgan fingerprint density at radius 2 is 2.05 bits per heavy atom. The van der Waals surface area contributed by atoms with Crippen molar-refractivity contribution in [3.05, 3.63) is 59.2 Å². The van der Waals surface area contributed by atoms with Crippen LogP contribution in [0.3, 0.4) is 0 Å². The number of hydrogen-bond donors (Lipinski definition) is 1. The van der Waals surface area contributed by atoms with Crippen LogP contribution in [0.5, 0.6) is 0 Å². The number of amides is 1. The monoisotopic (exact) mass is 288 g/mol. The van der Waals surface area contributed by atoms with Crippen LogP contribution in [0.1, 0.15) is 40.3 Å². The summed E-state index contributed by atoms with van der Waals surface area (Å²) in [6, 6.07) is 7.70. The summed E-state index contributed by atoms with van der Waals surface area (Å²) in [6.45, 7) is 4.11. The van der Waals surface area contributed by atoms with Gasteiger partial charge in [-0.3, -0.25) is 9.59 Å². The van der Waals surface area contributed by atoms with Crippen molar-refractivity contribution in [1.82, 2.24) is 9.88 Å². The van der Waals surface area contributed by atoms with Gasteiger partial charge in [0, 0.05) is 24.8 Å². The lowest BCUT2D eigenvalue weighted by Gasteiger charge is -2.20. The molecule has 0 radical (unpaired) electrons. The van der Waals surface area contributed by atoms with Crippen molar-refractivity contribution in [2.45, 2.75) is 20.4 Å². The first kappa shape index (κ1) is 15.0. The van der Waals surface area contributed by atoms with E-state index >= 15 is 0 Å². The summed E-state index contributed by atoms with van der Waals surface area (Å²) >= 11 is 0. The second-order valence-corrected chi connectivity index (χ2v) is 4.81. The van der Waals surface area contributed by atoms with Gasteiger partial charge in [-0.2, -0.15) is 0 Å². The summed E-state index contributed by atoms with van der Waals surface area (Å²) in [7, 11) is 0. The zero-order valence-electron chi connectivity index (χ0n) is 12.0. The molecule has 1 heterocycles. The van der Waals surface area contributed by atoms with Gasteiger partial charge in [0.15, 0.2) is 5.78 Å². The number of hydrogen-bond acceptors (Lipinski definition) is 2. The zero-order chi connectivity index (χ0) is 15.4. The van der Waals surface area contributed by atoms with Crippen LogP contribution in [0.15, 0.2) is 36.5 Å². The van der Waals surface area contributed by atoms with E-state index in [0.29, 0.717) is 24.3 Å². The highest BCUT2D eigenvalue weighted by Crippen LogP contribution is 2.12. The Balaban J connectivity index is 2.16. The number of nitrogens with one attached hydrogen (secondary N) is 1. The van der Waals surface area contributed by atoms with E-state index in [0.717, 1.165) is 5.56 Å². The maximum Gasteiger partial charge on any atom is 0.270 e. The van der Waals surface area contributed by atoms with Gasteiger partial charge in [-0.1, -0.05) is 12.1 Å². The lowest BCUT2D eigenvalue weighted by Crippen LogP contribution is -2.30. The van der Waals surface area contributed by atoms with Gasteiger partial charge in [0.2, 0.25) is 0 Å². The molecule has 5 heteroatoms. The molecule has 0 atom stereocenters. The highest BCUT2D eigenvalue weighted by Gasteiger charge is 2.17. The Bertz CT molecular complexity index is 664. The van der Waals surface area contributed by atoms with Gasteiger partial charge in [-0.05, 0) is 37.6 Å². The van der Waals surface area contributed by atoms with E-state index < -0.39 is 0 Å². The smallest absolute Gasteiger partial charge is 0.270 e. The van der Waals surface area contributed by atoms with Crippen LogP contribution in [0.25, 0.3) is 0 Å². The van der Waals surface area contributed by atoms with E-state index in [1.807, 2.05) is 6.92 Å². The summed E-state index contributed by atoms with van der Waals surface area (Å²) in [5, 5.41) is 0. The molecule has 0 spiro atoms. The number of rotatable bonds is 5. The molecular formula is C16H17FN2O2. The first-order valence-electron chi connectivity index (χ1n) is 6.74. The molecule has 1 aromatic heterocycles. The summed E-state index contributed by atoms with van der Waals surface area (Å²) in [4.78, 5) is 28.1. The molecule has 0 aliphatic heterocycles. The van der Waals surface area contributed by atoms with Gasteiger partial charge in [0.25, 0.3) is 5.91 Å². The topological polar surface area (TPSA) is 53.2 Å². The molecule has 4 nitrogen and oxygen atoms in total. The number of carbonyl (C=O) groups is 2. The average Bonchev–Trinajstić information content (AvgIpc) is 2.94. The van der Waals surface area contributed by atoms with Crippen LogP contribution >= 0.6 is 0 Å². The quantitative estimate of drug-likeness (QED) is 0.860. The fourth-order valence-electron chi connectivity index (χ4n) is 2.07. The summed E-state index contributed by atoms with van der Waals surface area (Å²) in [6.07, 6.45) is 1.52. The molecule has 0 saturated carbocycles. The fraction of sp³-hybridized carbons (Fsp3) is 0.250. The van der Waals surface area contributed by atoms with Gasteiger partial charge >= 0.3 is 0 Å². The van der Waals surface area contributed by atoms with E-state index in [1.54, 1.807) is 23.1 Å². The van der Waals surface area contributed by atoms with Crippen LogP contribution in [-0.4, -0.2) is 28.1 Å². The molecule has 0 bridgehead atoms. The van der Waals surface area contributed by atoms with Crippen molar-refractivity contribution in [2.75, 3.05) is 6.54 Å². The molecule has 0 aliphatic rings. The third-order valence-corrected chi connectivity index (χ3v) is 3.25. The molecule has 1 amide bonds. The molecule has 2 aromatic rings. The van der Waals surface area contributed by atoms with Crippen LogP contribution in [0, 0.1) is 5.82 Å². The molecule has 0 unspecified atom stereocenters. The maximum absolute atomic E-state index is 13.2. The number of benzene rings is 1. The number of halogens is 1. The minimum absolute atomic E-state index is 0.0986. The van der Waals surface area contributed by atoms with Crippen molar-refractivity contribution < 1.29 is 14.0 Å². The van der Waals surface area contributed by atoms with Crippen molar-refractivity contribution in [2.24, 2.45) is 0 Å². The van der Waals surface area contributed by atoms with Crippen LogP contribution in [0.2, 0.25) is 0 Å². The summed E-state index contributed by atoms with van der Waals surface area (Å²) in [5.74, 6) is -0.637. The Morgan fingerprint density at radius 3 is 2.62 bits per heavy atom. The maximum atomic E-state index is 13.2. The number of carbonyl (C=O) groups excluding carboxylic acids is 2. The van der Waals surface area contributed by atoms with E-state index in [1.165, 1.54) is 25.3 Å². The Morgan fingerprint density at radius 1 is 1.29 bits per heavy atom. The van der Waals surface area contributed by atoms with Crippen LogP contribution in [-0.2, 0) is 6.54 Å². The molecule has 0 aliphatic carbocycles. The predicted octanol–water partition coefficient (Wildman–Crippen LogP) is 3.02. The van der Waals surface area contributed by atoms with E-state index in [4.69, 9.17) is 0 Å². The SMILES string of the molecule is CCN(Cc1cccc(F)c1)C(=O)c1cc(C(C)=O)c[nH]1. The minimum atomic E-state index is -0.324. The fourth-order valence-corrected chi connectivity index (χ4v) is 2.07. The second-order valence-electron chi connectivity index (χ2n) is 4.81. The van der Waals surface area contributed by atoms with E-state index in [9.17, 15) is 14.0 Å². The van der Waals surface area contributed by atoms with Gasteiger partial charge < -0.3 is 9.88 Å². The zero-order valence-corrected chi connectivity index (χ0v) is 12.0. The predicted molar refractivity (Wildman–Crippen MR) is 77.6 cm³/mol. The normalized spacial score (nSPS) is 10.4. The molecule has 2 rings (SSSR count). The van der Waals surface area contributed by atoms with E-state index in [2.05, 4.69) is 4.98 Å². The number of aromatic nitrogens is 1. The number of nitrogens with zero attached hydrogens (tertiary/aromatic N) is 1. The third-order valence-electron chi connectivity index (χ3n) is 3.25. The van der Waals surface area contributed by atoms with Crippen molar-refractivity contribution in [1.29, 1.82) is 0 Å². The van der Waals surface area contributed by atoms with Crippen LogP contribution in [0.4, 0.5) is 4.39 Å². The number of Topliss-reactive ketones (excluding diaryl/α,β-unsaturated/α-hetero) is 1. The Labute approximate surface area is 122 Å². The second kappa shape index (κ2) is 6.35. The van der Waals surface area contributed by atoms with Crippen molar-refractivity contribution in [3.63, 3.8) is 0 Å². The number of H-pyrrole nitrogens is 1. The van der Waals surface area contributed by atoms with Crippen molar-refractivity contribution in [3.8, 4) is 0 Å². The summed E-state index contributed by atoms with van der Waals surface area (Å²) in [5.41, 5.74) is 1.56. The lowest BCUT2D eigenvalue weighted by molar-refractivity contribution is 0.0747. The van der Waals surface area contributed by atoms with Crippen LogP contribution < -0.4 is 0 Å². The standard InChI is InChI=1S/C16H17FN2O2/c1-3-19(10-12-5-4-6-14(17)7-12)16(21)15-8-13(9-18-15)11(2)20/h4-9,18H,3,10H2,1-2H3. The number of aromatic amines is 1. The molecule has 21 heavy (non-hydrogen) atoms. The van der Waals surface area contributed by atoms with Gasteiger partial charge in [-0.25, -0.2) is 4.39 Å². The minimum Gasteiger partial charge on any atom is -0.356 e. The van der Waals surface area contributed by atoms with E-state index in [-0.39, 0.29) is 17.5 Å². The highest BCUT2D eigenvalue weighted by atomic mass is 19.1. The Hall–Kier alpha value is -2.43. The molecular weight excluding hydrogens is 271 g/mol. The third kappa shape index (κ3) is 3.56. The van der Waals surface area contributed by atoms with Gasteiger partial charge in [0.1, 0.15) is 11.5 Å². The number of ketones is 1. The first-order valence-corrected chi connectivity index (χ1v) is 6.74. The molecule has 0 saturated heterocycles. The summed E-state index contributed by atoms with van der Waals surface area (Å²) < 4.78 is 13.2. The Kier molecular flexibility index (Phi) is 4.52. The average molecular weight is 288 g/mol.